The number of ether oxygens (including phenoxy) is 2. The number of aliphatic hydroxyl groups excluding tert-OH is 1. The Labute approximate surface area is 166 Å². The van der Waals surface area contributed by atoms with Crippen LogP contribution in [-0.2, 0) is 13.2 Å². The summed E-state index contributed by atoms with van der Waals surface area (Å²) in [4.78, 5) is 13.2. The summed E-state index contributed by atoms with van der Waals surface area (Å²) in [5.41, 5.74) is 2.11. The molecule has 0 aliphatic carbocycles. The molecular formula is C22H19N3O4. The highest BCUT2D eigenvalue weighted by atomic mass is 16.6. The Morgan fingerprint density at radius 2 is 1.79 bits per heavy atom. The summed E-state index contributed by atoms with van der Waals surface area (Å²) in [6.07, 6.45) is 3.11. The van der Waals surface area contributed by atoms with E-state index in [9.17, 15) is 9.90 Å². The first-order valence-corrected chi connectivity index (χ1v) is 9.40. The van der Waals surface area contributed by atoms with Crippen molar-refractivity contribution in [2.24, 2.45) is 0 Å². The van der Waals surface area contributed by atoms with Crippen molar-refractivity contribution in [3.8, 4) is 22.8 Å². The molecular weight excluding hydrogens is 370 g/mol. The van der Waals surface area contributed by atoms with E-state index in [4.69, 9.17) is 9.47 Å². The molecule has 0 saturated heterocycles. The van der Waals surface area contributed by atoms with Crippen molar-refractivity contribution >= 4 is 5.52 Å². The van der Waals surface area contributed by atoms with E-state index >= 15 is 0 Å². The van der Waals surface area contributed by atoms with E-state index in [0.29, 0.717) is 41.4 Å². The molecule has 0 fully saturated rings. The smallest absolute Gasteiger partial charge is 0.277 e. The van der Waals surface area contributed by atoms with E-state index in [1.54, 1.807) is 17.0 Å². The summed E-state index contributed by atoms with van der Waals surface area (Å²) < 4.78 is 14.8. The predicted octanol–water partition coefficient (Wildman–Crippen LogP) is 2.50. The standard InChI is InChI=1S/C22H19N3O4/c26-13-17-20(15-6-2-1-3-7-15)23-25-11-10-24(22(27)21(17)25)12-16-14-28-18-8-4-5-9-19(18)29-16/h1-11,16,26H,12-14H2. The van der Waals surface area contributed by atoms with Crippen LogP contribution >= 0.6 is 0 Å². The van der Waals surface area contributed by atoms with E-state index in [0.717, 1.165) is 5.56 Å². The van der Waals surface area contributed by atoms with Crippen molar-refractivity contribution in [3.05, 3.63) is 82.9 Å². The average Bonchev–Trinajstić information content (AvgIpc) is 3.16. The number of fused-ring (bicyclic) bond motifs is 2. The Hall–Kier alpha value is -3.58. The maximum Gasteiger partial charge on any atom is 0.277 e. The van der Waals surface area contributed by atoms with Crippen molar-refractivity contribution in [1.82, 2.24) is 14.2 Å². The van der Waals surface area contributed by atoms with Crippen LogP contribution in [0.15, 0.2) is 71.8 Å². The third-order valence-electron chi connectivity index (χ3n) is 5.03. The van der Waals surface area contributed by atoms with Crippen molar-refractivity contribution in [1.29, 1.82) is 0 Å². The normalized spacial score (nSPS) is 15.6. The van der Waals surface area contributed by atoms with Crippen LogP contribution in [0.2, 0.25) is 0 Å². The highest BCUT2D eigenvalue weighted by Crippen LogP contribution is 2.31. The molecule has 1 atom stereocenters. The van der Waals surface area contributed by atoms with E-state index in [-0.39, 0.29) is 18.3 Å². The van der Waals surface area contributed by atoms with Gasteiger partial charge in [-0.1, -0.05) is 42.5 Å². The van der Waals surface area contributed by atoms with Gasteiger partial charge in [0.05, 0.1) is 18.8 Å². The maximum atomic E-state index is 13.2. The zero-order valence-electron chi connectivity index (χ0n) is 15.6. The molecule has 3 heterocycles. The number of nitrogens with zero attached hydrogens (tertiary/aromatic N) is 3. The fourth-order valence-electron chi connectivity index (χ4n) is 3.64. The van der Waals surface area contributed by atoms with Crippen molar-refractivity contribution < 1.29 is 14.6 Å². The molecule has 4 aromatic rings. The minimum absolute atomic E-state index is 0.228. The van der Waals surface area contributed by atoms with Crippen molar-refractivity contribution in [2.45, 2.75) is 19.3 Å². The highest BCUT2D eigenvalue weighted by Gasteiger charge is 2.23. The van der Waals surface area contributed by atoms with Crippen LogP contribution in [0.1, 0.15) is 5.56 Å². The molecule has 7 nitrogen and oxygen atoms in total. The fraction of sp³-hybridized carbons (Fsp3) is 0.182. The molecule has 146 valence electrons. The number of hydrogen-bond acceptors (Lipinski definition) is 5. The lowest BCUT2D eigenvalue weighted by molar-refractivity contribution is 0.0778. The SMILES string of the molecule is O=c1c2c(CO)c(-c3ccccc3)nn2ccn1CC1COc2ccccc2O1. The van der Waals surface area contributed by atoms with Gasteiger partial charge in [0, 0.05) is 23.5 Å². The van der Waals surface area contributed by atoms with E-state index in [1.807, 2.05) is 54.6 Å². The second-order valence-corrected chi connectivity index (χ2v) is 6.90. The van der Waals surface area contributed by atoms with Gasteiger partial charge in [-0.05, 0) is 12.1 Å². The van der Waals surface area contributed by atoms with Crippen LogP contribution in [0.3, 0.4) is 0 Å². The van der Waals surface area contributed by atoms with Gasteiger partial charge in [0.2, 0.25) is 0 Å². The van der Waals surface area contributed by atoms with Gasteiger partial charge in [0.25, 0.3) is 5.56 Å². The highest BCUT2D eigenvalue weighted by molar-refractivity contribution is 5.72. The lowest BCUT2D eigenvalue weighted by atomic mass is 10.1. The van der Waals surface area contributed by atoms with Gasteiger partial charge in [-0.15, -0.1) is 0 Å². The average molecular weight is 389 g/mol. The minimum Gasteiger partial charge on any atom is -0.486 e. The van der Waals surface area contributed by atoms with Gasteiger partial charge < -0.3 is 19.1 Å². The van der Waals surface area contributed by atoms with E-state index in [2.05, 4.69) is 5.10 Å². The monoisotopic (exact) mass is 389 g/mol. The van der Waals surface area contributed by atoms with E-state index < -0.39 is 0 Å². The molecule has 1 aliphatic rings. The van der Waals surface area contributed by atoms with Crippen LogP contribution < -0.4 is 15.0 Å². The number of rotatable bonds is 4. The molecule has 7 heteroatoms. The minimum atomic E-state index is -0.292. The molecule has 2 aromatic heterocycles. The van der Waals surface area contributed by atoms with Gasteiger partial charge in [0.1, 0.15) is 12.1 Å². The fourth-order valence-corrected chi connectivity index (χ4v) is 3.64. The quantitative estimate of drug-likeness (QED) is 0.580. The number of hydrogen-bond donors (Lipinski definition) is 1. The maximum absolute atomic E-state index is 13.2. The lowest BCUT2D eigenvalue weighted by Gasteiger charge is -2.26. The molecule has 1 N–H and O–H groups in total. The summed E-state index contributed by atoms with van der Waals surface area (Å²) in [5.74, 6) is 1.38. The Balaban J connectivity index is 1.52. The molecule has 1 aliphatic heterocycles. The lowest BCUT2D eigenvalue weighted by Crippen LogP contribution is -2.36. The molecule has 0 saturated carbocycles. The summed E-state index contributed by atoms with van der Waals surface area (Å²) >= 11 is 0. The Morgan fingerprint density at radius 1 is 1.03 bits per heavy atom. The largest absolute Gasteiger partial charge is 0.486 e. The van der Waals surface area contributed by atoms with Crippen LogP contribution in [0.25, 0.3) is 16.8 Å². The van der Waals surface area contributed by atoms with Crippen LogP contribution in [0.4, 0.5) is 0 Å². The molecule has 29 heavy (non-hydrogen) atoms. The molecule has 1 unspecified atom stereocenters. The van der Waals surface area contributed by atoms with Crippen LogP contribution in [-0.4, -0.2) is 32.0 Å². The second-order valence-electron chi connectivity index (χ2n) is 6.90. The van der Waals surface area contributed by atoms with Crippen LogP contribution in [0, 0.1) is 0 Å². The van der Waals surface area contributed by atoms with Gasteiger partial charge in [-0.25, -0.2) is 4.52 Å². The first-order chi connectivity index (χ1) is 14.2. The summed E-state index contributed by atoms with van der Waals surface area (Å²) in [5, 5.41) is 14.5. The first-order valence-electron chi connectivity index (χ1n) is 9.40. The number of benzene rings is 2. The molecule has 2 aromatic carbocycles. The van der Waals surface area contributed by atoms with Gasteiger partial charge in [0.15, 0.2) is 17.6 Å². The third kappa shape index (κ3) is 3.05. The third-order valence-corrected chi connectivity index (χ3v) is 5.03. The number of para-hydroxylation sites is 2. The second kappa shape index (κ2) is 7.10. The molecule has 0 radical (unpaired) electrons. The van der Waals surface area contributed by atoms with Gasteiger partial charge in [-0.3, -0.25) is 4.79 Å². The number of aromatic nitrogens is 3. The predicted molar refractivity (Wildman–Crippen MR) is 107 cm³/mol. The zero-order valence-corrected chi connectivity index (χ0v) is 15.6. The first kappa shape index (κ1) is 17.5. The molecule has 0 bridgehead atoms. The molecule has 5 rings (SSSR count). The zero-order chi connectivity index (χ0) is 19.8. The van der Waals surface area contributed by atoms with E-state index in [1.165, 1.54) is 4.52 Å². The van der Waals surface area contributed by atoms with Crippen molar-refractivity contribution in [3.63, 3.8) is 0 Å². The van der Waals surface area contributed by atoms with Gasteiger partial charge >= 0.3 is 0 Å². The summed E-state index contributed by atoms with van der Waals surface area (Å²) in [6, 6.07) is 17.0. The van der Waals surface area contributed by atoms with Gasteiger partial charge in [-0.2, -0.15) is 5.10 Å². The topological polar surface area (TPSA) is 78.0 Å². The Bertz CT molecular complexity index is 1230. The molecule has 0 amide bonds. The van der Waals surface area contributed by atoms with Crippen molar-refractivity contribution in [2.75, 3.05) is 6.61 Å². The Morgan fingerprint density at radius 3 is 2.59 bits per heavy atom. The summed E-state index contributed by atoms with van der Waals surface area (Å²) in [7, 11) is 0. The Kier molecular flexibility index (Phi) is 4.29. The summed E-state index contributed by atoms with van der Waals surface area (Å²) in [6.45, 7) is 0.416. The van der Waals surface area contributed by atoms with Crippen LogP contribution in [0.5, 0.6) is 11.5 Å². The molecule has 0 spiro atoms. The number of aliphatic hydroxyl groups is 1.